The SMILES string of the molecule is COc1cc(/C(O)=C2\C(=O)C(=O)N(c3cccc(Cl)c3C)C2c2ccc(OC)c(OC)c2)c(OC)cc1Cl. The van der Waals surface area contributed by atoms with E-state index in [9.17, 15) is 14.7 Å². The van der Waals surface area contributed by atoms with Crippen LogP contribution in [-0.4, -0.2) is 45.2 Å². The van der Waals surface area contributed by atoms with Crippen molar-refractivity contribution in [3.63, 3.8) is 0 Å². The molecule has 0 radical (unpaired) electrons. The molecule has 1 amide bonds. The molecule has 0 saturated carbocycles. The van der Waals surface area contributed by atoms with Crippen molar-refractivity contribution in [2.45, 2.75) is 13.0 Å². The van der Waals surface area contributed by atoms with Crippen LogP contribution in [0.15, 0.2) is 54.1 Å². The fourth-order valence-corrected chi connectivity index (χ4v) is 4.87. The van der Waals surface area contributed by atoms with Gasteiger partial charge in [0.25, 0.3) is 11.7 Å². The van der Waals surface area contributed by atoms with E-state index in [4.69, 9.17) is 42.1 Å². The highest BCUT2D eigenvalue weighted by Crippen LogP contribution is 2.47. The number of nitrogens with zero attached hydrogens (tertiary/aromatic N) is 1. The van der Waals surface area contributed by atoms with Crippen LogP contribution in [0.25, 0.3) is 5.76 Å². The maximum Gasteiger partial charge on any atom is 0.300 e. The van der Waals surface area contributed by atoms with Gasteiger partial charge in [0.15, 0.2) is 11.5 Å². The third kappa shape index (κ3) is 4.50. The number of methoxy groups -OCH3 is 4. The molecule has 1 unspecified atom stereocenters. The van der Waals surface area contributed by atoms with Gasteiger partial charge in [-0.15, -0.1) is 0 Å². The van der Waals surface area contributed by atoms with Gasteiger partial charge in [-0.05, 0) is 48.4 Å². The Morgan fingerprint density at radius 2 is 1.47 bits per heavy atom. The molecule has 0 aliphatic carbocycles. The van der Waals surface area contributed by atoms with E-state index in [1.165, 1.54) is 45.5 Å². The molecular weight excluding hydrogens is 533 g/mol. The number of halogens is 2. The molecule has 8 nitrogen and oxygen atoms in total. The van der Waals surface area contributed by atoms with Crippen LogP contribution in [0, 0.1) is 6.92 Å². The van der Waals surface area contributed by atoms with E-state index < -0.39 is 23.5 Å². The fourth-order valence-electron chi connectivity index (χ4n) is 4.47. The zero-order valence-corrected chi connectivity index (χ0v) is 22.8. The molecule has 4 rings (SSSR count). The molecule has 1 N–H and O–H groups in total. The Morgan fingerprint density at radius 3 is 2.11 bits per heavy atom. The van der Waals surface area contributed by atoms with Gasteiger partial charge in [-0.1, -0.05) is 35.3 Å². The highest BCUT2D eigenvalue weighted by Gasteiger charge is 2.48. The van der Waals surface area contributed by atoms with Crippen molar-refractivity contribution in [2.24, 2.45) is 0 Å². The van der Waals surface area contributed by atoms with E-state index in [0.29, 0.717) is 33.3 Å². The first-order valence-corrected chi connectivity index (χ1v) is 12.1. The number of carbonyl (C=O) groups is 2. The second-order valence-corrected chi connectivity index (χ2v) is 9.17. The average Bonchev–Trinajstić information content (AvgIpc) is 3.19. The maximum atomic E-state index is 13.6. The van der Waals surface area contributed by atoms with Gasteiger partial charge in [-0.2, -0.15) is 0 Å². The highest BCUT2D eigenvalue weighted by atomic mass is 35.5. The molecule has 1 heterocycles. The molecule has 198 valence electrons. The minimum Gasteiger partial charge on any atom is -0.507 e. The van der Waals surface area contributed by atoms with E-state index >= 15 is 0 Å². The Bertz CT molecular complexity index is 1470. The summed E-state index contributed by atoms with van der Waals surface area (Å²) in [6.07, 6.45) is 0. The molecule has 1 aliphatic heterocycles. The summed E-state index contributed by atoms with van der Waals surface area (Å²) in [4.78, 5) is 28.5. The zero-order valence-electron chi connectivity index (χ0n) is 21.3. The van der Waals surface area contributed by atoms with Gasteiger partial charge in [0.2, 0.25) is 0 Å². The van der Waals surface area contributed by atoms with E-state index in [0.717, 1.165) is 0 Å². The molecule has 1 aliphatic rings. The number of benzene rings is 3. The van der Waals surface area contributed by atoms with Crippen molar-refractivity contribution in [3.8, 4) is 23.0 Å². The van der Waals surface area contributed by atoms with Gasteiger partial charge < -0.3 is 24.1 Å². The van der Waals surface area contributed by atoms with Crippen LogP contribution in [0.4, 0.5) is 5.69 Å². The summed E-state index contributed by atoms with van der Waals surface area (Å²) in [5.74, 6) is -0.923. The Morgan fingerprint density at radius 1 is 0.816 bits per heavy atom. The second kappa shape index (κ2) is 10.8. The van der Waals surface area contributed by atoms with Crippen LogP contribution < -0.4 is 23.8 Å². The van der Waals surface area contributed by atoms with Gasteiger partial charge >= 0.3 is 0 Å². The van der Waals surface area contributed by atoms with Crippen LogP contribution in [0.1, 0.15) is 22.7 Å². The number of carbonyl (C=O) groups excluding carboxylic acids is 2. The quantitative estimate of drug-likeness (QED) is 0.217. The van der Waals surface area contributed by atoms with Crippen molar-refractivity contribution in [3.05, 3.63) is 80.8 Å². The standard InChI is InChI=1S/C28H25Cl2NO7/c1-14-17(29)7-6-8-19(14)31-25(15-9-10-20(35-2)23(11-15)38-5)24(27(33)28(31)34)26(32)16-12-22(37-4)18(30)13-21(16)36-3/h6-13,25,32H,1-5H3/b26-24+. The lowest BCUT2D eigenvalue weighted by atomic mass is 9.94. The number of ether oxygens (including phenoxy) is 4. The predicted octanol–water partition coefficient (Wildman–Crippen LogP) is 5.96. The van der Waals surface area contributed by atoms with Crippen LogP contribution in [0.3, 0.4) is 0 Å². The van der Waals surface area contributed by atoms with Gasteiger partial charge in [0.1, 0.15) is 17.3 Å². The normalized spacial score (nSPS) is 16.5. The number of aliphatic hydroxyl groups excluding tert-OH is 1. The molecular formula is C28H25Cl2NO7. The lowest BCUT2D eigenvalue weighted by Crippen LogP contribution is -2.30. The predicted molar refractivity (Wildman–Crippen MR) is 145 cm³/mol. The van der Waals surface area contributed by atoms with E-state index in [1.807, 2.05) is 0 Å². The molecule has 1 atom stereocenters. The van der Waals surface area contributed by atoms with Crippen molar-refractivity contribution in [2.75, 3.05) is 33.3 Å². The first kappa shape index (κ1) is 27.2. The monoisotopic (exact) mass is 557 g/mol. The summed E-state index contributed by atoms with van der Waals surface area (Å²) in [5.41, 5.74) is 1.46. The molecule has 1 fully saturated rings. The number of ketones is 1. The number of rotatable bonds is 7. The minimum atomic E-state index is -1.04. The van der Waals surface area contributed by atoms with Crippen molar-refractivity contribution < 1.29 is 33.6 Å². The zero-order chi connectivity index (χ0) is 27.7. The summed E-state index contributed by atoms with van der Waals surface area (Å²) in [6.45, 7) is 1.75. The number of hydrogen-bond acceptors (Lipinski definition) is 7. The maximum absolute atomic E-state index is 13.6. The van der Waals surface area contributed by atoms with E-state index in [2.05, 4.69) is 0 Å². The summed E-state index contributed by atoms with van der Waals surface area (Å²) in [6, 6.07) is 11.9. The summed E-state index contributed by atoms with van der Waals surface area (Å²) in [7, 11) is 5.79. The second-order valence-electron chi connectivity index (χ2n) is 8.35. The number of aliphatic hydroxyl groups is 1. The summed E-state index contributed by atoms with van der Waals surface area (Å²) >= 11 is 12.6. The summed E-state index contributed by atoms with van der Waals surface area (Å²) in [5, 5.41) is 12.3. The third-order valence-corrected chi connectivity index (χ3v) is 7.10. The molecule has 3 aromatic carbocycles. The van der Waals surface area contributed by atoms with Crippen LogP contribution in [0.5, 0.6) is 23.0 Å². The molecule has 3 aromatic rings. The fraction of sp³-hybridized carbons (Fsp3) is 0.214. The summed E-state index contributed by atoms with van der Waals surface area (Å²) < 4.78 is 21.6. The van der Waals surface area contributed by atoms with Crippen molar-refractivity contribution in [1.82, 2.24) is 0 Å². The Balaban J connectivity index is 2.06. The number of amides is 1. The molecule has 0 bridgehead atoms. The minimum absolute atomic E-state index is 0.125. The van der Waals surface area contributed by atoms with Crippen LogP contribution >= 0.6 is 23.2 Å². The van der Waals surface area contributed by atoms with Gasteiger partial charge in [0.05, 0.1) is 50.6 Å². The average molecular weight is 558 g/mol. The number of Topliss-reactive ketones (excluding diaryl/α,β-unsaturated/α-hetero) is 1. The number of hydrogen-bond donors (Lipinski definition) is 1. The van der Waals surface area contributed by atoms with Gasteiger partial charge in [-0.3, -0.25) is 14.5 Å². The largest absolute Gasteiger partial charge is 0.507 e. The van der Waals surface area contributed by atoms with Gasteiger partial charge in [0, 0.05) is 16.8 Å². The Kier molecular flexibility index (Phi) is 7.76. The van der Waals surface area contributed by atoms with Crippen molar-refractivity contribution >= 4 is 46.3 Å². The number of anilines is 1. The molecule has 0 aromatic heterocycles. The van der Waals surface area contributed by atoms with E-state index in [-0.39, 0.29) is 27.7 Å². The lowest BCUT2D eigenvalue weighted by Gasteiger charge is -2.27. The molecule has 10 heteroatoms. The first-order valence-electron chi connectivity index (χ1n) is 11.4. The Hall–Kier alpha value is -3.88. The lowest BCUT2D eigenvalue weighted by molar-refractivity contribution is -0.132. The molecule has 0 spiro atoms. The van der Waals surface area contributed by atoms with Crippen LogP contribution in [0.2, 0.25) is 10.0 Å². The van der Waals surface area contributed by atoms with Gasteiger partial charge in [-0.25, -0.2) is 0 Å². The van der Waals surface area contributed by atoms with Crippen molar-refractivity contribution in [1.29, 1.82) is 0 Å². The Labute approximate surface area is 229 Å². The van der Waals surface area contributed by atoms with E-state index in [1.54, 1.807) is 43.3 Å². The third-order valence-electron chi connectivity index (χ3n) is 6.40. The topological polar surface area (TPSA) is 94.5 Å². The first-order chi connectivity index (χ1) is 18.2. The van der Waals surface area contributed by atoms with Crippen LogP contribution in [-0.2, 0) is 9.59 Å². The smallest absolute Gasteiger partial charge is 0.300 e. The molecule has 38 heavy (non-hydrogen) atoms. The highest BCUT2D eigenvalue weighted by molar-refractivity contribution is 6.52. The molecule has 1 saturated heterocycles.